The fourth-order valence-electron chi connectivity index (χ4n) is 3.46. The molecule has 2 aromatic rings. The van der Waals surface area contributed by atoms with Crippen LogP contribution in [0.2, 0.25) is 0 Å². The maximum Gasteiger partial charge on any atom is 0.490 e. The van der Waals surface area contributed by atoms with E-state index in [2.05, 4.69) is 39.8 Å². The van der Waals surface area contributed by atoms with Gasteiger partial charge >= 0.3 is 24.3 Å². The summed E-state index contributed by atoms with van der Waals surface area (Å²) in [7, 11) is 0. The minimum Gasteiger partial charge on any atom is -0.475 e. The number of carboxylic acid groups (broad SMARTS) is 2. The largest absolute Gasteiger partial charge is 0.490 e. The van der Waals surface area contributed by atoms with Gasteiger partial charge in [0.05, 0.1) is 12.3 Å². The Hall–Kier alpha value is -3.20. The van der Waals surface area contributed by atoms with E-state index in [4.69, 9.17) is 29.6 Å². The van der Waals surface area contributed by atoms with Crippen LogP contribution in [0.1, 0.15) is 42.5 Å². The molecule has 0 saturated heterocycles. The Morgan fingerprint density at radius 1 is 1.03 bits per heavy atom. The van der Waals surface area contributed by atoms with E-state index in [1.807, 2.05) is 12.4 Å². The fraction of sp³-hybridized carbons (Fsp3) is 0.565. The van der Waals surface area contributed by atoms with Gasteiger partial charge in [0.25, 0.3) is 0 Å². The monoisotopic (exact) mass is 554 g/mol. The summed E-state index contributed by atoms with van der Waals surface area (Å²) in [5, 5.41) is 19.0. The molecule has 0 aromatic carbocycles. The average molecular weight is 554 g/mol. The quantitative estimate of drug-likeness (QED) is 0.492. The van der Waals surface area contributed by atoms with Crippen LogP contribution in [0.5, 0.6) is 0 Å². The summed E-state index contributed by atoms with van der Waals surface area (Å²) in [6.07, 6.45) is -1.51. The average Bonchev–Trinajstić information content (AvgIpc) is 3.55. The lowest BCUT2D eigenvalue weighted by molar-refractivity contribution is -0.193. The number of aryl methyl sites for hydroxylation is 1. The molecular weight excluding hydrogens is 526 g/mol. The summed E-state index contributed by atoms with van der Waals surface area (Å²) in [6.45, 7) is 7.71. The summed E-state index contributed by atoms with van der Waals surface area (Å²) in [6, 6.07) is 4.19. The van der Waals surface area contributed by atoms with Crippen molar-refractivity contribution in [3.8, 4) is 0 Å². The van der Waals surface area contributed by atoms with E-state index in [0.717, 1.165) is 45.3 Å². The topological polar surface area (TPSA) is 118 Å². The molecule has 2 N–H and O–H groups in total. The van der Waals surface area contributed by atoms with E-state index in [9.17, 15) is 26.3 Å². The number of carboxylic acids is 2. The molecule has 2 aromatic heterocycles. The zero-order valence-corrected chi connectivity index (χ0v) is 20.4. The number of pyridine rings is 1. The second kappa shape index (κ2) is 13.6. The zero-order valence-electron chi connectivity index (χ0n) is 20.4. The van der Waals surface area contributed by atoms with Crippen LogP contribution in [0.25, 0.3) is 0 Å². The van der Waals surface area contributed by atoms with Gasteiger partial charge in [-0.05, 0) is 43.4 Å². The number of carbonyl (C=O) groups is 2. The summed E-state index contributed by atoms with van der Waals surface area (Å²) >= 11 is 0. The van der Waals surface area contributed by atoms with E-state index in [1.165, 1.54) is 29.7 Å². The molecule has 1 fully saturated rings. The number of hydrogen-bond donors (Lipinski definition) is 2. The number of alkyl halides is 6. The van der Waals surface area contributed by atoms with Crippen LogP contribution in [0.4, 0.5) is 26.3 Å². The van der Waals surface area contributed by atoms with E-state index in [1.54, 1.807) is 0 Å². The third kappa shape index (κ3) is 10.7. The van der Waals surface area contributed by atoms with Crippen LogP contribution in [-0.2, 0) is 34.0 Å². The minimum atomic E-state index is -5.08. The molecule has 1 aliphatic carbocycles. The second-order valence-corrected chi connectivity index (χ2v) is 8.70. The molecule has 4 rings (SSSR count). The predicted octanol–water partition coefficient (Wildman–Crippen LogP) is 4.09. The number of ether oxygens (including phenoxy) is 1. The van der Waals surface area contributed by atoms with Crippen molar-refractivity contribution in [2.75, 3.05) is 19.8 Å². The fourth-order valence-corrected chi connectivity index (χ4v) is 3.46. The van der Waals surface area contributed by atoms with Gasteiger partial charge in [-0.3, -0.25) is 14.6 Å². The van der Waals surface area contributed by atoms with Crippen LogP contribution < -0.4 is 0 Å². The van der Waals surface area contributed by atoms with Gasteiger partial charge in [0.1, 0.15) is 0 Å². The first kappa shape index (κ1) is 31.0. The van der Waals surface area contributed by atoms with Gasteiger partial charge in [-0.2, -0.15) is 31.4 Å². The molecule has 0 amide bonds. The molecule has 1 unspecified atom stereocenters. The molecule has 3 heterocycles. The zero-order chi connectivity index (χ0) is 28.5. The van der Waals surface area contributed by atoms with Crippen molar-refractivity contribution in [2.45, 2.75) is 57.7 Å². The van der Waals surface area contributed by atoms with Crippen molar-refractivity contribution in [1.82, 2.24) is 19.7 Å². The second-order valence-electron chi connectivity index (χ2n) is 8.70. The van der Waals surface area contributed by atoms with Crippen LogP contribution in [0.15, 0.2) is 30.7 Å². The van der Waals surface area contributed by atoms with Crippen molar-refractivity contribution < 1.29 is 50.9 Å². The molecular formula is C23H28F6N4O5. The third-order valence-electron chi connectivity index (χ3n) is 5.50. The normalized spacial score (nSPS) is 17.4. The van der Waals surface area contributed by atoms with Crippen LogP contribution in [0, 0.1) is 5.92 Å². The van der Waals surface area contributed by atoms with Crippen molar-refractivity contribution in [1.29, 1.82) is 0 Å². The number of aliphatic carboxylic acids is 2. The molecule has 212 valence electrons. The van der Waals surface area contributed by atoms with Gasteiger partial charge in [-0.1, -0.05) is 0 Å². The Kier molecular flexibility index (Phi) is 11.1. The molecule has 0 spiro atoms. The van der Waals surface area contributed by atoms with E-state index < -0.39 is 24.3 Å². The van der Waals surface area contributed by atoms with Gasteiger partial charge in [0.2, 0.25) is 0 Å². The van der Waals surface area contributed by atoms with Gasteiger partial charge in [-0.15, -0.1) is 0 Å². The Morgan fingerprint density at radius 3 is 2.05 bits per heavy atom. The highest BCUT2D eigenvalue weighted by atomic mass is 19.4. The highest BCUT2D eigenvalue weighted by Gasteiger charge is 2.39. The Labute approximate surface area is 214 Å². The van der Waals surface area contributed by atoms with Crippen molar-refractivity contribution in [2.24, 2.45) is 5.92 Å². The van der Waals surface area contributed by atoms with Crippen molar-refractivity contribution in [3.63, 3.8) is 0 Å². The first-order chi connectivity index (χ1) is 17.7. The molecule has 2 aliphatic rings. The van der Waals surface area contributed by atoms with E-state index >= 15 is 0 Å². The smallest absolute Gasteiger partial charge is 0.475 e. The first-order valence-electron chi connectivity index (χ1n) is 11.6. The highest BCUT2D eigenvalue weighted by Crippen LogP contribution is 2.32. The molecule has 9 nitrogen and oxygen atoms in total. The van der Waals surface area contributed by atoms with Crippen molar-refractivity contribution in [3.05, 3.63) is 47.5 Å². The predicted molar refractivity (Wildman–Crippen MR) is 120 cm³/mol. The summed E-state index contributed by atoms with van der Waals surface area (Å²) in [5.41, 5.74) is 3.91. The summed E-state index contributed by atoms with van der Waals surface area (Å²) in [4.78, 5) is 24.4. The van der Waals surface area contributed by atoms with Gasteiger partial charge in [0.15, 0.2) is 0 Å². The van der Waals surface area contributed by atoms with E-state index in [0.29, 0.717) is 5.92 Å². The maximum absolute atomic E-state index is 10.6. The van der Waals surface area contributed by atoms with Crippen LogP contribution in [-0.4, -0.2) is 73.9 Å². The molecule has 38 heavy (non-hydrogen) atoms. The number of hydrogen-bond acceptors (Lipinski definition) is 6. The maximum atomic E-state index is 10.6. The number of aromatic nitrogens is 3. The van der Waals surface area contributed by atoms with Crippen LogP contribution in [0.3, 0.4) is 0 Å². The van der Waals surface area contributed by atoms with Crippen molar-refractivity contribution >= 4 is 11.9 Å². The molecule has 1 atom stereocenters. The van der Waals surface area contributed by atoms with Gasteiger partial charge < -0.3 is 14.9 Å². The van der Waals surface area contributed by atoms with E-state index in [-0.39, 0.29) is 0 Å². The SMILES string of the molecule is CCn1cc2c(n1)CN(Cc1ccncc1)CC2COCC1CC1.O=C(O)C(F)(F)F.O=C(O)C(F)(F)F. The number of halogens is 6. The molecule has 0 bridgehead atoms. The van der Waals surface area contributed by atoms with Crippen LogP contribution >= 0.6 is 0 Å². The third-order valence-corrected chi connectivity index (χ3v) is 5.50. The summed E-state index contributed by atoms with van der Waals surface area (Å²) < 4.78 is 71.6. The number of nitrogens with zero attached hydrogens (tertiary/aromatic N) is 4. The Bertz CT molecular complexity index is 1020. The highest BCUT2D eigenvalue weighted by molar-refractivity contribution is 5.73. The van der Waals surface area contributed by atoms with Gasteiger partial charge in [-0.25, -0.2) is 9.59 Å². The molecule has 1 aliphatic heterocycles. The number of fused-ring (bicyclic) bond motifs is 1. The molecule has 1 saturated carbocycles. The summed E-state index contributed by atoms with van der Waals surface area (Å²) in [5.74, 6) is -4.27. The minimum absolute atomic E-state index is 0.426. The first-order valence-corrected chi connectivity index (χ1v) is 11.6. The standard InChI is InChI=1S/C19H26N4O.2C2HF3O2/c1-2-23-11-18-17(14-24-13-16-3-4-16)10-22(12-19(18)21-23)9-15-5-7-20-8-6-15;2*3-2(4,5)1(6)7/h5-8,11,16-17H,2-4,9-10,12-14H2,1H3;2*(H,6,7). The number of rotatable bonds is 7. The molecule has 0 radical (unpaired) electrons. The molecule has 15 heteroatoms. The van der Waals surface area contributed by atoms with Gasteiger partial charge in [0, 0.05) is 62.9 Å². The Balaban J connectivity index is 0.000000301. The Morgan fingerprint density at radius 2 is 1.58 bits per heavy atom. The lowest BCUT2D eigenvalue weighted by atomic mass is 9.95. The lowest BCUT2D eigenvalue weighted by Crippen LogP contribution is -2.34. The lowest BCUT2D eigenvalue weighted by Gasteiger charge is -2.32.